The van der Waals surface area contributed by atoms with Crippen LogP contribution in [0.2, 0.25) is 0 Å². The van der Waals surface area contributed by atoms with Crippen LogP contribution in [-0.2, 0) is 9.13 Å². The Morgan fingerprint density at radius 2 is 1.52 bits per heavy atom. The smallest absolute Gasteiger partial charge is 0.367 e. The molecule has 11 heteroatoms. The van der Waals surface area contributed by atoms with Crippen molar-refractivity contribution >= 4 is 21.1 Å². The summed E-state index contributed by atoms with van der Waals surface area (Å²) in [4.78, 5) is 47.3. The van der Waals surface area contributed by atoms with E-state index in [2.05, 4.69) is 5.32 Å². The number of carbonyl (C=O) groups is 1. The standard InChI is InChI=1S/C10H15NO8P2/c12-9(8-4-2-1-3-5-8)11-7-6-10(13,20(14,15)16)21(17,18)19/h1-5,13H,6-7H2,(H,11,12)(H2,14,15,16)(H2,17,18,19). The van der Waals surface area contributed by atoms with Crippen LogP contribution in [0.15, 0.2) is 30.3 Å². The van der Waals surface area contributed by atoms with Crippen molar-refractivity contribution in [1.82, 2.24) is 5.32 Å². The molecule has 1 rings (SSSR count). The van der Waals surface area contributed by atoms with Crippen LogP contribution >= 0.6 is 15.2 Å². The number of nitrogens with one attached hydrogen (secondary N) is 1. The van der Waals surface area contributed by atoms with Crippen molar-refractivity contribution in [2.24, 2.45) is 0 Å². The van der Waals surface area contributed by atoms with Crippen molar-refractivity contribution in [2.45, 2.75) is 11.5 Å². The molecule has 0 bridgehead atoms. The molecule has 0 saturated carbocycles. The number of carbonyl (C=O) groups excluding carboxylic acids is 1. The Morgan fingerprint density at radius 3 is 1.95 bits per heavy atom. The highest BCUT2D eigenvalue weighted by Crippen LogP contribution is 2.68. The lowest BCUT2D eigenvalue weighted by Crippen LogP contribution is -2.35. The zero-order chi connectivity index (χ0) is 16.3. The van der Waals surface area contributed by atoms with Crippen LogP contribution in [0, 0.1) is 0 Å². The van der Waals surface area contributed by atoms with Gasteiger partial charge in [-0.25, -0.2) is 0 Å². The lowest BCUT2D eigenvalue weighted by atomic mass is 10.2. The SMILES string of the molecule is O=C(NCCC(O)(P(=O)(O)O)P(=O)(O)O)c1ccccc1. The quantitative estimate of drug-likeness (QED) is 0.388. The highest BCUT2D eigenvalue weighted by Gasteiger charge is 2.58. The molecule has 9 nitrogen and oxygen atoms in total. The normalized spacial score (nSPS) is 13.0. The number of aliphatic hydroxyl groups is 1. The van der Waals surface area contributed by atoms with Crippen LogP contribution < -0.4 is 5.32 Å². The fraction of sp³-hybridized carbons (Fsp3) is 0.300. The Morgan fingerprint density at radius 1 is 1.05 bits per heavy atom. The topological polar surface area (TPSA) is 164 Å². The monoisotopic (exact) mass is 339 g/mol. The van der Waals surface area contributed by atoms with E-state index in [1.807, 2.05) is 0 Å². The lowest BCUT2D eigenvalue weighted by molar-refractivity contribution is 0.0926. The molecule has 0 spiro atoms. The summed E-state index contributed by atoms with van der Waals surface area (Å²) in [6.45, 7) is -0.527. The second-order valence-electron chi connectivity index (χ2n) is 4.23. The van der Waals surface area contributed by atoms with Gasteiger partial charge in [-0.3, -0.25) is 13.9 Å². The van der Waals surface area contributed by atoms with Gasteiger partial charge in [-0.1, -0.05) is 18.2 Å². The number of benzene rings is 1. The Bertz CT molecular complexity index is 570. The second kappa shape index (κ2) is 6.37. The maximum Gasteiger partial charge on any atom is 0.369 e. The summed E-state index contributed by atoms with van der Waals surface area (Å²) in [5, 5.41) is 8.28. The summed E-state index contributed by atoms with van der Waals surface area (Å²) in [6, 6.07) is 7.82. The van der Waals surface area contributed by atoms with Crippen LogP contribution in [0.5, 0.6) is 0 Å². The van der Waals surface area contributed by atoms with E-state index in [0.717, 1.165) is 0 Å². The van der Waals surface area contributed by atoms with Gasteiger partial charge in [0.25, 0.3) is 11.0 Å². The molecule has 1 amide bonds. The average Bonchev–Trinajstić information content (AvgIpc) is 2.36. The molecule has 0 heterocycles. The third-order valence-electron chi connectivity index (χ3n) is 2.71. The number of rotatable bonds is 6. The van der Waals surface area contributed by atoms with Gasteiger partial charge in [-0.05, 0) is 12.1 Å². The molecule has 0 aliphatic rings. The van der Waals surface area contributed by atoms with Crippen LogP contribution in [0.4, 0.5) is 0 Å². The number of amides is 1. The molecule has 6 N–H and O–H groups in total. The first-order chi connectivity index (χ1) is 9.49. The van der Waals surface area contributed by atoms with Gasteiger partial charge in [-0.2, -0.15) is 0 Å². The van der Waals surface area contributed by atoms with Gasteiger partial charge in [0.15, 0.2) is 0 Å². The summed E-state index contributed by atoms with van der Waals surface area (Å²) in [5.74, 6) is -0.602. The van der Waals surface area contributed by atoms with E-state index in [0.29, 0.717) is 0 Å². The highest BCUT2D eigenvalue weighted by molar-refractivity contribution is 7.72. The zero-order valence-electron chi connectivity index (χ0n) is 10.7. The van der Waals surface area contributed by atoms with Gasteiger partial charge in [0, 0.05) is 18.5 Å². The van der Waals surface area contributed by atoms with Crippen LogP contribution in [-0.4, -0.2) is 42.2 Å². The Labute approximate surface area is 119 Å². The Balaban J connectivity index is 2.75. The Hall–Kier alpha value is -1.05. The van der Waals surface area contributed by atoms with E-state index in [9.17, 15) is 19.0 Å². The van der Waals surface area contributed by atoms with Gasteiger partial charge in [0.05, 0.1) is 0 Å². The second-order valence-corrected chi connectivity index (χ2v) is 8.24. The van der Waals surface area contributed by atoms with E-state index in [1.165, 1.54) is 12.1 Å². The van der Waals surface area contributed by atoms with E-state index >= 15 is 0 Å². The number of hydrogen-bond donors (Lipinski definition) is 6. The maximum absolute atomic E-state index is 11.6. The summed E-state index contributed by atoms with van der Waals surface area (Å²) in [7, 11) is -11.0. The summed E-state index contributed by atoms with van der Waals surface area (Å²) < 4.78 is 22.2. The summed E-state index contributed by atoms with van der Waals surface area (Å²) in [5.41, 5.74) is 0.258. The van der Waals surface area contributed by atoms with Crippen molar-refractivity contribution in [1.29, 1.82) is 0 Å². The predicted molar refractivity (Wildman–Crippen MR) is 72.4 cm³/mol. The molecule has 0 atom stereocenters. The molecule has 118 valence electrons. The summed E-state index contributed by atoms with van der Waals surface area (Å²) >= 11 is 0. The van der Waals surface area contributed by atoms with Crippen molar-refractivity contribution in [2.75, 3.05) is 6.54 Å². The third-order valence-corrected chi connectivity index (χ3v) is 6.59. The van der Waals surface area contributed by atoms with Crippen LogP contribution in [0.25, 0.3) is 0 Å². The molecule has 0 saturated heterocycles. The largest absolute Gasteiger partial charge is 0.369 e. The van der Waals surface area contributed by atoms with E-state index < -0.39 is 39.1 Å². The van der Waals surface area contributed by atoms with E-state index in [4.69, 9.17) is 19.6 Å². The molecule has 21 heavy (non-hydrogen) atoms. The molecule has 0 aliphatic carbocycles. The molecule has 0 fully saturated rings. The van der Waals surface area contributed by atoms with Gasteiger partial charge >= 0.3 is 15.2 Å². The van der Waals surface area contributed by atoms with Gasteiger partial charge in [0.2, 0.25) is 0 Å². The Kier molecular flexibility index (Phi) is 5.46. The minimum Gasteiger partial charge on any atom is -0.367 e. The minimum atomic E-state index is -5.50. The molecule has 0 radical (unpaired) electrons. The highest BCUT2D eigenvalue weighted by atomic mass is 31.2. The fourth-order valence-corrected chi connectivity index (χ4v) is 3.66. The molecule has 0 aromatic heterocycles. The molecular formula is C10H15NO8P2. The van der Waals surface area contributed by atoms with Crippen molar-refractivity contribution < 1.29 is 38.6 Å². The first-order valence-electron chi connectivity index (χ1n) is 5.66. The van der Waals surface area contributed by atoms with Gasteiger partial charge in [-0.15, -0.1) is 0 Å². The zero-order valence-corrected chi connectivity index (χ0v) is 12.4. The van der Waals surface area contributed by atoms with Crippen LogP contribution in [0.3, 0.4) is 0 Å². The third kappa shape index (κ3) is 4.21. The molecule has 1 aromatic carbocycles. The lowest BCUT2D eigenvalue weighted by Gasteiger charge is -2.29. The van der Waals surface area contributed by atoms with Crippen molar-refractivity contribution in [3.63, 3.8) is 0 Å². The van der Waals surface area contributed by atoms with Crippen molar-refractivity contribution in [3.05, 3.63) is 35.9 Å². The minimum absolute atomic E-state index is 0.258. The first-order valence-corrected chi connectivity index (χ1v) is 8.88. The average molecular weight is 339 g/mol. The number of hydrogen-bond acceptors (Lipinski definition) is 4. The first kappa shape index (κ1) is 18.0. The molecule has 0 aliphatic heterocycles. The van der Waals surface area contributed by atoms with Gasteiger partial charge in [0.1, 0.15) is 0 Å². The van der Waals surface area contributed by atoms with Gasteiger partial charge < -0.3 is 30.0 Å². The van der Waals surface area contributed by atoms with Crippen LogP contribution in [0.1, 0.15) is 16.8 Å². The molecular weight excluding hydrogens is 324 g/mol. The maximum atomic E-state index is 11.6. The molecule has 0 unspecified atom stereocenters. The van der Waals surface area contributed by atoms with E-state index in [1.54, 1.807) is 18.2 Å². The summed E-state index contributed by atoms with van der Waals surface area (Å²) in [6.07, 6.45) is -1.000. The predicted octanol–water partition coefficient (Wildman–Crippen LogP) is -0.192. The fourth-order valence-electron chi connectivity index (χ4n) is 1.50. The van der Waals surface area contributed by atoms with E-state index in [-0.39, 0.29) is 5.56 Å². The van der Waals surface area contributed by atoms with Crippen molar-refractivity contribution in [3.8, 4) is 0 Å². The molecule has 1 aromatic rings.